The van der Waals surface area contributed by atoms with Gasteiger partial charge in [0, 0.05) is 13.1 Å². The third-order valence-electron chi connectivity index (χ3n) is 3.57. The summed E-state index contributed by atoms with van der Waals surface area (Å²) in [5.74, 6) is 0.349. The van der Waals surface area contributed by atoms with Crippen LogP contribution in [0.5, 0.6) is 0 Å². The SMILES string of the molecule is CC1(CN2CCCS2(=O)=O)CCNCC1. The molecule has 2 saturated heterocycles. The molecule has 2 heterocycles. The fourth-order valence-corrected chi connectivity index (χ4v) is 4.15. The minimum Gasteiger partial charge on any atom is -0.317 e. The first-order chi connectivity index (χ1) is 7.02. The van der Waals surface area contributed by atoms with E-state index in [2.05, 4.69) is 12.2 Å². The maximum Gasteiger partial charge on any atom is 0.214 e. The third-order valence-corrected chi connectivity index (χ3v) is 5.47. The van der Waals surface area contributed by atoms with Crippen LogP contribution in [-0.4, -0.2) is 44.7 Å². The summed E-state index contributed by atoms with van der Waals surface area (Å²) in [5, 5.41) is 3.32. The Balaban J connectivity index is 2.01. The Bertz CT molecular complexity index is 320. The first kappa shape index (κ1) is 11.4. The highest BCUT2D eigenvalue weighted by molar-refractivity contribution is 7.89. The van der Waals surface area contributed by atoms with Crippen molar-refractivity contribution in [3.8, 4) is 0 Å². The molecule has 0 unspecified atom stereocenters. The lowest BCUT2D eigenvalue weighted by Gasteiger charge is -2.36. The maximum absolute atomic E-state index is 11.7. The van der Waals surface area contributed by atoms with Crippen LogP contribution in [0, 0.1) is 5.41 Å². The zero-order valence-electron chi connectivity index (χ0n) is 9.33. The summed E-state index contributed by atoms with van der Waals surface area (Å²) in [6.45, 7) is 5.69. The number of sulfonamides is 1. The lowest BCUT2D eigenvalue weighted by Crippen LogP contribution is -2.43. The van der Waals surface area contributed by atoms with Crippen molar-refractivity contribution in [2.75, 3.05) is 31.9 Å². The van der Waals surface area contributed by atoms with Gasteiger partial charge in [-0.15, -0.1) is 0 Å². The van der Waals surface area contributed by atoms with Crippen LogP contribution in [0.3, 0.4) is 0 Å². The molecule has 0 radical (unpaired) electrons. The monoisotopic (exact) mass is 232 g/mol. The summed E-state index contributed by atoms with van der Waals surface area (Å²) in [5.41, 5.74) is 0.183. The largest absolute Gasteiger partial charge is 0.317 e. The zero-order valence-corrected chi connectivity index (χ0v) is 10.1. The predicted octanol–water partition coefficient (Wildman–Crippen LogP) is 0.412. The smallest absolute Gasteiger partial charge is 0.214 e. The van der Waals surface area contributed by atoms with Crippen molar-refractivity contribution in [3.63, 3.8) is 0 Å². The Morgan fingerprint density at radius 3 is 2.53 bits per heavy atom. The van der Waals surface area contributed by atoms with Crippen molar-refractivity contribution in [1.29, 1.82) is 0 Å². The van der Waals surface area contributed by atoms with Crippen molar-refractivity contribution in [2.45, 2.75) is 26.2 Å². The highest BCUT2D eigenvalue weighted by Crippen LogP contribution is 2.31. The molecule has 88 valence electrons. The molecule has 4 nitrogen and oxygen atoms in total. The molecule has 2 fully saturated rings. The van der Waals surface area contributed by atoms with E-state index in [0.717, 1.165) is 45.4 Å². The molecule has 0 saturated carbocycles. The molecule has 0 aromatic rings. The highest BCUT2D eigenvalue weighted by Gasteiger charge is 2.36. The molecule has 2 aliphatic heterocycles. The van der Waals surface area contributed by atoms with Gasteiger partial charge in [-0.05, 0) is 37.8 Å². The topological polar surface area (TPSA) is 49.4 Å². The van der Waals surface area contributed by atoms with Gasteiger partial charge in [0.2, 0.25) is 10.0 Å². The normalized spacial score (nSPS) is 30.5. The van der Waals surface area contributed by atoms with Crippen LogP contribution in [0.1, 0.15) is 26.2 Å². The van der Waals surface area contributed by atoms with Crippen LogP contribution in [0.4, 0.5) is 0 Å². The van der Waals surface area contributed by atoms with Crippen molar-refractivity contribution in [1.82, 2.24) is 9.62 Å². The van der Waals surface area contributed by atoms with Gasteiger partial charge in [-0.2, -0.15) is 0 Å². The Labute approximate surface area is 92.1 Å². The van der Waals surface area contributed by atoms with E-state index in [1.807, 2.05) is 0 Å². The Kier molecular flexibility index (Phi) is 3.05. The van der Waals surface area contributed by atoms with Crippen LogP contribution in [0.2, 0.25) is 0 Å². The van der Waals surface area contributed by atoms with E-state index < -0.39 is 10.0 Å². The minimum atomic E-state index is -2.91. The van der Waals surface area contributed by atoms with Gasteiger partial charge in [-0.25, -0.2) is 12.7 Å². The number of rotatable bonds is 2. The van der Waals surface area contributed by atoms with Crippen molar-refractivity contribution in [3.05, 3.63) is 0 Å². The Morgan fingerprint density at radius 1 is 1.33 bits per heavy atom. The van der Waals surface area contributed by atoms with Gasteiger partial charge in [0.25, 0.3) is 0 Å². The standard InChI is InChI=1S/C10H20N2O2S/c1-10(3-5-11-6-4-10)9-12-7-2-8-15(12,13)14/h11H,2-9H2,1H3. The first-order valence-corrected chi connectivity index (χ1v) is 7.31. The number of hydrogen-bond acceptors (Lipinski definition) is 3. The van der Waals surface area contributed by atoms with E-state index in [-0.39, 0.29) is 5.41 Å². The van der Waals surface area contributed by atoms with Gasteiger partial charge in [-0.3, -0.25) is 0 Å². The van der Waals surface area contributed by atoms with Crippen LogP contribution in [-0.2, 0) is 10.0 Å². The predicted molar refractivity (Wildman–Crippen MR) is 60.2 cm³/mol. The van der Waals surface area contributed by atoms with Crippen molar-refractivity contribution < 1.29 is 8.42 Å². The molecule has 1 N–H and O–H groups in total. The van der Waals surface area contributed by atoms with Gasteiger partial charge in [-0.1, -0.05) is 6.92 Å². The molecule has 0 aromatic carbocycles. The molecular formula is C10H20N2O2S. The van der Waals surface area contributed by atoms with Crippen LogP contribution >= 0.6 is 0 Å². The van der Waals surface area contributed by atoms with Crippen LogP contribution in [0.25, 0.3) is 0 Å². The molecule has 5 heteroatoms. The zero-order chi connectivity index (χ0) is 10.9. The van der Waals surface area contributed by atoms with Crippen LogP contribution < -0.4 is 5.32 Å². The Hall–Kier alpha value is -0.130. The first-order valence-electron chi connectivity index (χ1n) is 5.70. The maximum atomic E-state index is 11.7. The second kappa shape index (κ2) is 4.03. The molecule has 2 aliphatic rings. The van der Waals surface area contributed by atoms with Gasteiger partial charge >= 0.3 is 0 Å². The van der Waals surface area contributed by atoms with Gasteiger partial charge in [0.05, 0.1) is 5.75 Å². The molecule has 0 amide bonds. The fourth-order valence-electron chi connectivity index (χ4n) is 2.48. The molecule has 2 rings (SSSR count). The summed E-state index contributed by atoms with van der Waals surface area (Å²) in [6.07, 6.45) is 2.97. The van der Waals surface area contributed by atoms with E-state index in [0.29, 0.717) is 5.75 Å². The van der Waals surface area contributed by atoms with E-state index in [9.17, 15) is 8.42 Å². The quantitative estimate of drug-likeness (QED) is 0.750. The van der Waals surface area contributed by atoms with Crippen molar-refractivity contribution >= 4 is 10.0 Å². The molecule has 0 spiro atoms. The number of hydrogen-bond donors (Lipinski definition) is 1. The van der Waals surface area contributed by atoms with E-state index in [1.54, 1.807) is 4.31 Å². The molecule has 0 atom stereocenters. The van der Waals surface area contributed by atoms with Gasteiger partial charge < -0.3 is 5.32 Å². The second-order valence-electron chi connectivity index (χ2n) is 5.06. The minimum absolute atomic E-state index is 0.183. The van der Waals surface area contributed by atoms with Gasteiger partial charge in [0.15, 0.2) is 0 Å². The molecule has 0 aromatic heterocycles. The second-order valence-corrected chi connectivity index (χ2v) is 7.15. The molecule has 0 aliphatic carbocycles. The number of nitrogens with zero attached hydrogens (tertiary/aromatic N) is 1. The third kappa shape index (κ3) is 2.52. The highest BCUT2D eigenvalue weighted by atomic mass is 32.2. The lowest BCUT2D eigenvalue weighted by molar-refractivity contribution is 0.183. The molecule has 0 bridgehead atoms. The molecule has 15 heavy (non-hydrogen) atoms. The summed E-state index contributed by atoms with van der Waals surface area (Å²) >= 11 is 0. The van der Waals surface area contributed by atoms with E-state index >= 15 is 0 Å². The average molecular weight is 232 g/mol. The van der Waals surface area contributed by atoms with Crippen molar-refractivity contribution in [2.24, 2.45) is 5.41 Å². The number of piperidine rings is 1. The van der Waals surface area contributed by atoms with Gasteiger partial charge in [0.1, 0.15) is 0 Å². The molecular weight excluding hydrogens is 212 g/mol. The Morgan fingerprint density at radius 2 is 2.00 bits per heavy atom. The van der Waals surface area contributed by atoms with E-state index in [1.165, 1.54) is 0 Å². The number of nitrogens with one attached hydrogen (secondary N) is 1. The summed E-state index contributed by atoms with van der Waals surface area (Å²) in [6, 6.07) is 0. The average Bonchev–Trinajstić information content (AvgIpc) is 2.46. The lowest BCUT2D eigenvalue weighted by atomic mass is 9.81. The summed E-state index contributed by atoms with van der Waals surface area (Å²) in [7, 11) is -2.91. The fraction of sp³-hybridized carbons (Fsp3) is 1.00. The van der Waals surface area contributed by atoms with Crippen LogP contribution in [0.15, 0.2) is 0 Å². The summed E-state index contributed by atoms with van der Waals surface area (Å²) in [4.78, 5) is 0. The summed E-state index contributed by atoms with van der Waals surface area (Å²) < 4.78 is 25.1. The van der Waals surface area contributed by atoms with E-state index in [4.69, 9.17) is 0 Å².